The van der Waals surface area contributed by atoms with Crippen LogP contribution in [0.3, 0.4) is 0 Å². The quantitative estimate of drug-likeness (QED) is 0.791. The number of halogens is 2. The lowest BCUT2D eigenvalue weighted by Gasteiger charge is -2.36. The van der Waals surface area contributed by atoms with Gasteiger partial charge in [0.1, 0.15) is 6.07 Å². The van der Waals surface area contributed by atoms with Gasteiger partial charge in [-0.15, -0.1) is 0 Å². The number of hydrogen-bond donors (Lipinski definition) is 1. The van der Waals surface area contributed by atoms with Crippen LogP contribution in [-0.2, 0) is 10.0 Å². The second-order valence-corrected chi connectivity index (χ2v) is 8.71. The molecular weight excluding hydrogens is 423 g/mol. The lowest BCUT2D eigenvalue weighted by Crippen LogP contribution is -2.49. The highest BCUT2D eigenvalue weighted by Crippen LogP contribution is 2.25. The van der Waals surface area contributed by atoms with E-state index in [4.69, 9.17) is 28.3 Å². The van der Waals surface area contributed by atoms with Crippen LogP contribution < -0.4 is 10.0 Å². The Morgan fingerprint density at radius 3 is 2.18 bits per heavy atom. The van der Waals surface area contributed by atoms with Crippen LogP contribution in [0.4, 0.5) is 5.69 Å². The highest BCUT2D eigenvalue weighted by atomic mass is 35.5. The fourth-order valence-electron chi connectivity index (χ4n) is 3.07. The zero-order valence-corrected chi connectivity index (χ0v) is 16.9. The fourth-order valence-corrected chi connectivity index (χ4v) is 4.13. The molecule has 0 aromatic heterocycles. The molecule has 1 saturated heterocycles. The van der Waals surface area contributed by atoms with Crippen molar-refractivity contribution in [3.63, 3.8) is 0 Å². The van der Waals surface area contributed by atoms with Gasteiger partial charge in [0.25, 0.3) is 5.91 Å². The molecule has 2 aromatic rings. The van der Waals surface area contributed by atoms with Gasteiger partial charge in [0.15, 0.2) is 0 Å². The third-order valence-electron chi connectivity index (χ3n) is 4.43. The van der Waals surface area contributed by atoms with Gasteiger partial charge in [-0.25, -0.2) is 13.6 Å². The number of piperazine rings is 1. The normalized spacial score (nSPS) is 14.6. The van der Waals surface area contributed by atoms with Crippen molar-refractivity contribution in [2.45, 2.75) is 4.90 Å². The van der Waals surface area contributed by atoms with Gasteiger partial charge < -0.3 is 9.80 Å². The number of sulfonamides is 1. The average molecular weight is 439 g/mol. The van der Waals surface area contributed by atoms with E-state index in [0.29, 0.717) is 47.5 Å². The molecule has 1 aliphatic rings. The van der Waals surface area contributed by atoms with E-state index in [2.05, 4.69) is 0 Å². The van der Waals surface area contributed by atoms with Crippen molar-refractivity contribution < 1.29 is 13.2 Å². The number of anilines is 1. The summed E-state index contributed by atoms with van der Waals surface area (Å²) in [6.45, 7) is 1.85. The minimum Gasteiger partial charge on any atom is -0.367 e. The SMILES string of the molecule is N#Cc1cc(S(N)(=O)=O)ccc1N1CCN(C(=O)c2cc(Cl)cc(Cl)c2)CC1. The van der Waals surface area contributed by atoms with E-state index >= 15 is 0 Å². The Kier molecular flexibility index (Phi) is 5.82. The molecule has 1 aliphatic heterocycles. The smallest absolute Gasteiger partial charge is 0.254 e. The summed E-state index contributed by atoms with van der Waals surface area (Å²) in [5, 5.41) is 15.3. The van der Waals surface area contributed by atoms with Crippen LogP contribution >= 0.6 is 23.2 Å². The summed E-state index contributed by atoms with van der Waals surface area (Å²) in [5.74, 6) is -0.172. The van der Waals surface area contributed by atoms with E-state index in [1.807, 2.05) is 11.0 Å². The monoisotopic (exact) mass is 438 g/mol. The average Bonchev–Trinajstić information content (AvgIpc) is 2.65. The summed E-state index contributed by atoms with van der Waals surface area (Å²) in [5.41, 5.74) is 1.24. The summed E-state index contributed by atoms with van der Waals surface area (Å²) in [7, 11) is -3.88. The van der Waals surface area contributed by atoms with Gasteiger partial charge in [0, 0.05) is 41.8 Å². The van der Waals surface area contributed by atoms with Crippen LogP contribution in [0.15, 0.2) is 41.3 Å². The maximum atomic E-state index is 12.7. The summed E-state index contributed by atoms with van der Waals surface area (Å²) >= 11 is 11.9. The minimum atomic E-state index is -3.88. The number of primary sulfonamides is 1. The molecule has 1 amide bonds. The van der Waals surface area contributed by atoms with Crippen molar-refractivity contribution in [2.75, 3.05) is 31.1 Å². The summed E-state index contributed by atoms with van der Waals surface area (Å²) in [6, 6.07) is 10.9. The molecule has 0 atom stereocenters. The molecule has 28 heavy (non-hydrogen) atoms. The number of hydrogen-bond acceptors (Lipinski definition) is 5. The third-order valence-corrected chi connectivity index (χ3v) is 5.78. The minimum absolute atomic E-state index is 0.112. The number of nitriles is 1. The first-order chi connectivity index (χ1) is 13.2. The van der Waals surface area contributed by atoms with E-state index in [0.717, 1.165) is 0 Å². The van der Waals surface area contributed by atoms with Crippen LogP contribution in [-0.4, -0.2) is 45.4 Å². The topological polar surface area (TPSA) is 107 Å². The Morgan fingerprint density at radius 1 is 1.04 bits per heavy atom. The van der Waals surface area contributed by atoms with Gasteiger partial charge in [-0.2, -0.15) is 5.26 Å². The van der Waals surface area contributed by atoms with Crippen molar-refractivity contribution >= 4 is 44.8 Å². The molecule has 10 heteroatoms. The second kappa shape index (κ2) is 7.97. The van der Waals surface area contributed by atoms with E-state index < -0.39 is 10.0 Å². The molecule has 1 fully saturated rings. The van der Waals surface area contributed by atoms with Gasteiger partial charge in [-0.05, 0) is 36.4 Å². The van der Waals surface area contributed by atoms with Gasteiger partial charge in [-0.1, -0.05) is 23.2 Å². The summed E-state index contributed by atoms with van der Waals surface area (Å²) in [4.78, 5) is 16.2. The number of nitrogens with two attached hydrogens (primary N) is 1. The molecule has 7 nitrogen and oxygen atoms in total. The maximum Gasteiger partial charge on any atom is 0.254 e. The van der Waals surface area contributed by atoms with E-state index in [1.165, 1.54) is 12.1 Å². The first-order valence-electron chi connectivity index (χ1n) is 8.26. The highest BCUT2D eigenvalue weighted by Gasteiger charge is 2.24. The largest absolute Gasteiger partial charge is 0.367 e. The Hall–Kier alpha value is -2.31. The molecule has 0 radical (unpaired) electrons. The number of amides is 1. The number of benzene rings is 2. The molecule has 2 N–H and O–H groups in total. The van der Waals surface area contributed by atoms with Crippen molar-refractivity contribution in [3.8, 4) is 6.07 Å². The molecule has 2 aromatic carbocycles. The molecule has 0 aliphatic carbocycles. The van der Waals surface area contributed by atoms with E-state index in [9.17, 15) is 18.5 Å². The van der Waals surface area contributed by atoms with Crippen molar-refractivity contribution in [2.24, 2.45) is 5.14 Å². The van der Waals surface area contributed by atoms with Crippen molar-refractivity contribution in [1.29, 1.82) is 5.26 Å². The van der Waals surface area contributed by atoms with Gasteiger partial charge >= 0.3 is 0 Å². The lowest BCUT2D eigenvalue weighted by molar-refractivity contribution is 0.0746. The van der Waals surface area contributed by atoms with Crippen LogP contribution in [0, 0.1) is 11.3 Å². The second-order valence-electron chi connectivity index (χ2n) is 6.27. The summed E-state index contributed by atoms with van der Waals surface area (Å²) in [6.07, 6.45) is 0. The standard InChI is InChI=1S/C18H16Cl2N4O3S/c19-14-7-12(8-15(20)10-14)18(25)24-5-3-23(4-6-24)17-2-1-16(28(22,26)27)9-13(17)11-21/h1-2,7-10H,3-6H2,(H2,22,26,27). The van der Waals surface area contributed by atoms with Crippen LogP contribution in [0.2, 0.25) is 10.0 Å². The zero-order valence-electron chi connectivity index (χ0n) is 14.6. The number of carbonyl (C=O) groups excluding carboxylic acids is 1. The van der Waals surface area contributed by atoms with Crippen LogP contribution in [0.5, 0.6) is 0 Å². The van der Waals surface area contributed by atoms with Crippen molar-refractivity contribution in [3.05, 3.63) is 57.6 Å². The first kappa shape index (κ1) is 20.4. The maximum absolute atomic E-state index is 12.7. The molecular formula is C18H16Cl2N4O3S. The fraction of sp³-hybridized carbons (Fsp3) is 0.222. The molecule has 1 heterocycles. The van der Waals surface area contributed by atoms with E-state index in [1.54, 1.807) is 29.2 Å². The number of nitrogens with zero attached hydrogens (tertiary/aromatic N) is 3. The number of rotatable bonds is 3. The highest BCUT2D eigenvalue weighted by molar-refractivity contribution is 7.89. The Bertz CT molecular complexity index is 1050. The Morgan fingerprint density at radius 2 is 1.64 bits per heavy atom. The number of carbonyl (C=O) groups is 1. The molecule has 0 unspecified atom stereocenters. The predicted molar refractivity (Wildman–Crippen MR) is 107 cm³/mol. The lowest BCUT2D eigenvalue weighted by atomic mass is 10.1. The molecule has 0 bridgehead atoms. The molecule has 0 spiro atoms. The van der Waals surface area contributed by atoms with Crippen LogP contribution in [0.25, 0.3) is 0 Å². The Balaban J connectivity index is 1.75. The van der Waals surface area contributed by atoms with E-state index in [-0.39, 0.29) is 16.4 Å². The molecule has 3 rings (SSSR count). The predicted octanol–water partition coefficient (Wildman–Crippen LogP) is 2.47. The van der Waals surface area contributed by atoms with Crippen LogP contribution in [0.1, 0.15) is 15.9 Å². The first-order valence-corrected chi connectivity index (χ1v) is 10.6. The Labute approximate surface area is 172 Å². The molecule has 146 valence electrons. The zero-order chi connectivity index (χ0) is 20.5. The van der Waals surface area contributed by atoms with Gasteiger partial charge in [0.05, 0.1) is 16.1 Å². The molecule has 0 saturated carbocycles. The van der Waals surface area contributed by atoms with Crippen molar-refractivity contribution in [1.82, 2.24) is 4.90 Å². The van der Waals surface area contributed by atoms with Gasteiger partial charge in [0.2, 0.25) is 10.0 Å². The summed E-state index contributed by atoms with van der Waals surface area (Å²) < 4.78 is 23.0. The van der Waals surface area contributed by atoms with Gasteiger partial charge in [-0.3, -0.25) is 4.79 Å². The third kappa shape index (κ3) is 4.39.